The molecule has 10 nitrogen and oxygen atoms in total. The highest BCUT2D eigenvalue weighted by Gasteiger charge is 2.20. The number of hydrogen-bond acceptors (Lipinski definition) is 9. The lowest BCUT2D eigenvalue weighted by Gasteiger charge is -2.26. The van der Waals surface area contributed by atoms with Crippen LogP contribution in [0, 0.1) is 5.82 Å². The number of sulfonamides is 1. The van der Waals surface area contributed by atoms with E-state index in [1.807, 2.05) is 4.90 Å². The molecule has 0 amide bonds. The monoisotopic (exact) mass is 413 g/mol. The molecule has 2 aromatic rings. The second kappa shape index (κ2) is 8.63. The summed E-state index contributed by atoms with van der Waals surface area (Å²) in [6, 6.07) is 3.44. The molecule has 152 valence electrons. The summed E-state index contributed by atoms with van der Waals surface area (Å²) in [5, 5.41) is 0. The largest absolute Gasteiger partial charge is 0.494 e. The molecular formula is C16H20FN5O5S. The van der Waals surface area contributed by atoms with Crippen LogP contribution in [0.25, 0.3) is 0 Å². The van der Waals surface area contributed by atoms with E-state index in [0.717, 1.165) is 6.07 Å². The van der Waals surface area contributed by atoms with Crippen LogP contribution in [0.1, 0.15) is 5.82 Å². The lowest BCUT2D eigenvalue weighted by atomic mass is 10.3. The maximum Gasteiger partial charge on any atom is 0.321 e. The molecule has 0 radical (unpaired) electrons. The minimum Gasteiger partial charge on any atom is -0.494 e. The smallest absolute Gasteiger partial charge is 0.321 e. The molecule has 0 unspecified atom stereocenters. The summed E-state index contributed by atoms with van der Waals surface area (Å²) in [7, 11) is -1.28. The standard InChI is InChI=1S/C16H20FN5O5S/c1-25-13-4-3-11(9-12(13)17)28(23,24)18-10-14-19-15(21-16(20-14)26-2)22-5-7-27-8-6-22/h3-4,9,18H,5-8,10H2,1-2H3. The van der Waals surface area contributed by atoms with Gasteiger partial charge in [0.2, 0.25) is 16.0 Å². The fraction of sp³-hybridized carbons (Fsp3) is 0.438. The maximum atomic E-state index is 13.8. The summed E-state index contributed by atoms with van der Waals surface area (Å²) in [5.41, 5.74) is 0. The molecule has 0 spiro atoms. The molecule has 0 aliphatic carbocycles. The van der Waals surface area contributed by atoms with Crippen molar-refractivity contribution < 1.29 is 27.0 Å². The Bertz CT molecular complexity index is 937. The van der Waals surface area contributed by atoms with Crippen LogP contribution in [0.2, 0.25) is 0 Å². The van der Waals surface area contributed by atoms with Gasteiger partial charge in [-0.3, -0.25) is 0 Å². The van der Waals surface area contributed by atoms with E-state index in [1.165, 1.54) is 26.4 Å². The Balaban J connectivity index is 1.78. The number of ether oxygens (including phenoxy) is 3. The topological polar surface area (TPSA) is 116 Å². The molecule has 2 heterocycles. The predicted molar refractivity (Wildman–Crippen MR) is 96.4 cm³/mol. The van der Waals surface area contributed by atoms with Crippen molar-refractivity contribution in [3.8, 4) is 11.8 Å². The first-order valence-corrected chi connectivity index (χ1v) is 9.86. The fourth-order valence-corrected chi connectivity index (χ4v) is 3.51. The first-order valence-electron chi connectivity index (χ1n) is 8.38. The van der Waals surface area contributed by atoms with Crippen molar-refractivity contribution in [2.45, 2.75) is 11.4 Å². The number of rotatable bonds is 7. The van der Waals surface area contributed by atoms with Crippen molar-refractivity contribution in [2.24, 2.45) is 0 Å². The van der Waals surface area contributed by atoms with Crippen LogP contribution in [-0.2, 0) is 21.3 Å². The van der Waals surface area contributed by atoms with Crippen LogP contribution >= 0.6 is 0 Å². The Labute approximate surface area is 161 Å². The number of nitrogens with one attached hydrogen (secondary N) is 1. The van der Waals surface area contributed by atoms with E-state index >= 15 is 0 Å². The fourth-order valence-electron chi connectivity index (χ4n) is 2.52. The highest BCUT2D eigenvalue weighted by Crippen LogP contribution is 2.21. The Hall–Kier alpha value is -2.57. The number of aromatic nitrogens is 3. The van der Waals surface area contributed by atoms with Crippen molar-refractivity contribution in [1.29, 1.82) is 0 Å². The average molecular weight is 413 g/mol. The summed E-state index contributed by atoms with van der Waals surface area (Å²) in [6.07, 6.45) is 0. The van der Waals surface area contributed by atoms with Gasteiger partial charge in [-0.25, -0.2) is 17.5 Å². The lowest BCUT2D eigenvalue weighted by molar-refractivity contribution is 0.122. The molecule has 1 N–H and O–H groups in total. The van der Waals surface area contributed by atoms with Gasteiger partial charge in [-0.15, -0.1) is 0 Å². The van der Waals surface area contributed by atoms with E-state index in [1.54, 1.807) is 0 Å². The molecule has 1 aliphatic rings. The second-order valence-electron chi connectivity index (χ2n) is 5.76. The minimum absolute atomic E-state index is 0.0451. The molecule has 12 heteroatoms. The Morgan fingerprint density at radius 1 is 1.18 bits per heavy atom. The van der Waals surface area contributed by atoms with Crippen molar-refractivity contribution in [2.75, 3.05) is 45.4 Å². The summed E-state index contributed by atoms with van der Waals surface area (Å²) in [4.78, 5) is 14.2. The summed E-state index contributed by atoms with van der Waals surface area (Å²) >= 11 is 0. The molecule has 1 saturated heterocycles. The van der Waals surface area contributed by atoms with Gasteiger partial charge < -0.3 is 19.1 Å². The van der Waals surface area contributed by atoms with Crippen molar-refractivity contribution in [3.05, 3.63) is 29.8 Å². The molecule has 3 rings (SSSR count). The number of methoxy groups -OCH3 is 2. The Morgan fingerprint density at radius 3 is 2.57 bits per heavy atom. The lowest BCUT2D eigenvalue weighted by Crippen LogP contribution is -2.37. The Morgan fingerprint density at radius 2 is 1.93 bits per heavy atom. The molecule has 1 aromatic heterocycles. The van der Waals surface area contributed by atoms with Crippen molar-refractivity contribution >= 4 is 16.0 Å². The third-order valence-electron chi connectivity index (χ3n) is 3.98. The van der Waals surface area contributed by atoms with Gasteiger partial charge >= 0.3 is 6.01 Å². The number of halogens is 1. The zero-order chi connectivity index (χ0) is 20.1. The van der Waals surface area contributed by atoms with Gasteiger partial charge in [0.15, 0.2) is 17.4 Å². The van der Waals surface area contributed by atoms with Gasteiger partial charge in [0.25, 0.3) is 0 Å². The van der Waals surface area contributed by atoms with Gasteiger partial charge in [-0.05, 0) is 18.2 Å². The number of benzene rings is 1. The van der Waals surface area contributed by atoms with Crippen LogP contribution < -0.4 is 19.1 Å². The van der Waals surface area contributed by atoms with Crippen molar-refractivity contribution in [1.82, 2.24) is 19.7 Å². The molecular weight excluding hydrogens is 393 g/mol. The van der Waals surface area contributed by atoms with Crippen LogP contribution in [0.4, 0.5) is 10.3 Å². The highest BCUT2D eigenvalue weighted by molar-refractivity contribution is 7.89. The third-order valence-corrected chi connectivity index (χ3v) is 5.38. The number of anilines is 1. The first kappa shape index (κ1) is 20.2. The zero-order valence-electron chi connectivity index (χ0n) is 15.4. The van der Waals surface area contributed by atoms with Crippen LogP contribution in [0.3, 0.4) is 0 Å². The summed E-state index contributed by atoms with van der Waals surface area (Å²) in [5.74, 6) is -0.274. The zero-order valence-corrected chi connectivity index (χ0v) is 16.2. The van der Waals surface area contributed by atoms with Gasteiger partial charge in [-0.2, -0.15) is 15.0 Å². The number of morpholine rings is 1. The van der Waals surface area contributed by atoms with Crippen LogP contribution in [0.5, 0.6) is 11.8 Å². The number of nitrogens with zero attached hydrogens (tertiary/aromatic N) is 4. The van der Waals surface area contributed by atoms with E-state index < -0.39 is 15.8 Å². The average Bonchev–Trinajstić information content (AvgIpc) is 2.72. The van der Waals surface area contributed by atoms with Crippen LogP contribution in [-0.4, -0.2) is 63.9 Å². The van der Waals surface area contributed by atoms with Crippen molar-refractivity contribution in [3.63, 3.8) is 0 Å². The van der Waals surface area contributed by atoms with Gasteiger partial charge in [0, 0.05) is 13.1 Å². The maximum absolute atomic E-state index is 13.8. The third kappa shape index (κ3) is 4.64. The molecule has 1 aromatic carbocycles. The van der Waals surface area contributed by atoms with Gasteiger partial charge in [0.05, 0.1) is 38.9 Å². The van der Waals surface area contributed by atoms with E-state index in [9.17, 15) is 12.8 Å². The second-order valence-corrected chi connectivity index (χ2v) is 7.53. The van der Waals surface area contributed by atoms with E-state index in [2.05, 4.69) is 19.7 Å². The Kier molecular flexibility index (Phi) is 6.21. The SMILES string of the molecule is COc1nc(CNS(=O)(=O)c2ccc(OC)c(F)c2)nc(N2CCOCC2)n1. The molecule has 0 atom stereocenters. The predicted octanol–water partition coefficient (Wildman–Crippen LogP) is 0.343. The quantitative estimate of drug-likeness (QED) is 0.686. The number of hydrogen-bond donors (Lipinski definition) is 1. The molecule has 0 bridgehead atoms. The summed E-state index contributed by atoms with van der Waals surface area (Å²) < 4.78 is 56.2. The highest BCUT2D eigenvalue weighted by atomic mass is 32.2. The molecule has 1 fully saturated rings. The summed E-state index contributed by atoms with van der Waals surface area (Å²) in [6.45, 7) is 2.07. The van der Waals surface area contributed by atoms with Crippen LogP contribution in [0.15, 0.2) is 23.1 Å². The van der Waals surface area contributed by atoms with Gasteiger partial charge in [0.1, 0.15) is 0 Å². The normalized spacial score (nSPS) is 14.8. The molecule has 28 heavy (non-hydrogen) atoms. The van der Waals surface area contributed by atoms with E-state index in [0.29, 0.717) is 32.3 Å². The minimum atomic E-state index is -3.98. The first-order chi connectivity index (χ1) is 13.4. The molecule has 1 aliphatic heterocycles. The van der Waals surface area contributed by atoms with E-state index in [4.69, 9.17) is 14.2 Å². The van der Waals surface area contributed by atoms with E-state index in [-0.39, 0.29) is 29.0 Å². The van der Waals surface area contributed by atoms with Gasteiger partial charge in [-0.1, -0.05) is 0 Å². The molecule has 0 saturated carbocycles.